The van der Waals surface area contributed by atoms with E-state index in [0.717, 1.165) is 22.6 Å². The maximum absolute atomic E-state index is 12.9. The van der Waals surface area contributed by atoms with Crippen LogP contribution in [0.2, 0.25) is 0 Å². The van der Waals surface area contributed by atoms with Crippen LogP contribution in [0.1, 0.15) is 76.9 Å². The number of methoxy groups -OCH3 is 1. The summed E-state index contributed by atoms with van der Waals surface area (Å²) in [6.07, 6.45) is 4.54. The van der Waals surface area contributed by atoms with Crippen molar-refractivity contribution in [3.63, 3.8) is 0 Å². The average molecular weight is 565 g/mol. The van der Waals surface area contributed by atoms with Gasteiger partial charge in [0.15, 0.2) is 0 Å². The van der Waals surface area contributed by atoms with E-state index >= 15 is 0 Å². The summed E-state index contributed by atoms with van der Waals surface area (Å²) < 4.78 is 10.5. The number of hydrogen-bond donors (Lipinski definition) is 0. The zero-order valence-electron chi connectivity index (χ0n) is 24.1. The zero-order valence-corrected chi connectivity index (χ0v) is 24.9. The SMILES string of the molecule is COC(=O)c1ccc(Sc2ccc(C(=O)Oc3ccc(C4(c5ccc(C)cc5)CCC(C)(C)CC4)cc3)cc2)cc1. The van der Waals surface area contributed by atoms with Crippen molar-refractivity contribution in [2.45, 2.75) is 61.7 Å². The minimum absolute atomic E-state index is 0.0289. The minimum atomic E-state index is -0.385. The van der Waals surface area contributed by atoms with Gasteiger partial charge in [0.25, 0.3) is 0 Å². The predicted molar refractivity (Wildman–Crippen MR) is 164 cm³/mol. The molecule has 4 aromatic rings. The van der Waals surface area contributed by atoms with Crippen molar-refractivity contribution >= 4 is 23.7 Å². The summed E-state index contributed by atoms with van der Waals surface area (Å²) in [5, 5.41) is 0. The summed E-state index contributed by atoms with van der Waals surface area (Å²) in [6.45, 7) is 6.86. The summed E-state index contributed by atoms with van der Waals surface area (Å²) in [4.78, 5) is 26.5. The van der Waals surface area contributed by atoms with Crippen LogP contribution in [-0.4, -0.2) is 19.0 Å². The van der Waals surface area contributed by atoms with Crippen LogP contribution < -0.4 is 4.74 Å². The van der Waals surface area contributed by atoms with Crippen LogP contribution in [0, 0.1) is 12.3 Å². The van der Waals surface area contributed by atoms with E-state index in [0.29, 0.717) is 22.3 Å². The maximum Gasteiger partial charge on any atom is 0.343 e. The molecule has 0 spiro atoms. The lowest BCUT2D eigenvalue weighted by Crippen LogP contribution is -2.35. The van der Waals surface area contributed by atoms with E-state index < -0.39 is 0 Å². The summed E-state index contributed by atoms with van der Waals surface area (Å²) in [5.74, 6) is -0.203. The first kappa shape index (κ1) is 28.7. The fourth-order valence-electron chi connectivity index (χ4n) is 5.55. The van der Waals surface area contributed by atoms with Crippen LogP contribution in [0.4, 0.5) is 0 Å². The van der Waals surface area contributed by atoms with E-state index in [1.165, 1.54) is 36.6 Å². The van der Waals surface area contributed by atoms with E-state index in [-0.39, 0.29) is 17.4 Å². The van der Waals surface area contributed by atoms with Gasteiger partial charge in [0, 0.05) is 15.2 Å². The fourth-order valence-corrected chi connectivity index (χ4v) is 6.37. The van der Waals surface area contributed by atoms with Gasteiger partial charge in [-0.3, -0.25) is 0 Å². The Morgan fingerprint density at radius 1 is 0.634 bits per heavy atom. The van der Waals surface area contributed by atoms with E-state index in [1.807, 2.05) is 36.4 Å². The van der Waals surface area contributed by atoms with E-state index in [4.69, 9.17) is 9.47 Å². The Balaban J connectivity index is 1.26. The normalized spacial score (nSPS) is 15.6. The summed E-state index contributed by atoms with van der Waals surface area (Å²) in [5.41, 5.74) is 5.23. The van der Waals surface area contributed by atoms with Gasteiger partial charge in [0.2, 0.25) is 0 Å². The Hall–Kier alpha value is -3.83. The lowest BCUT2D eigenvalue weighted by atomic mass is 9.59. The third kappa shape index (κ3) is 6.57. The fraction of sp³-hybridized carbons (Fsp3) is 0.278. The maximum atomic E-state index is 12.9. The number of aryl methyl sites for hydroxylation is 1. The van der Waals surface area contributed by atoms with Crippen molar-refractivity contribution in [3.8, 4) is 5.75 Å². The molecule has 0 aromatic heterocycles. The lowest BCUT2D eigenvalue weighted by molar-refractivity contribution is 0.0600. The number of ether oxygens (including phenoxy) is 2. The highest BCUT2D eigenvalue weighted by atomic mass is 32.2. The quantitative estimate of drug-likeness (QED) is 0.166. The van der Waals surface area contributed by atoms with Crippen LogP contribution in [-0.2, 0) is 10.2 Å². The molecule has 0 amide bonds. The van der Waals surface area contributed by atoms with Crippen LogP contribution >= 0.6 is 11.8 Å². The van der Waals surface area contributed by atoms with Crippen molar-refractivity contribution in [2.75, 3.05) is 7.11 Å². The van der Waals surface area contributed by atoms with Crippen LogP contribution in [0.5, 0.6) is 5.75 Å². The summed E-state index contributed by atoms with van der Waals surface area (Å²) in [7, 11) is 1.37. The number of esters is 2. The molecular weight excluding hydrogens is 528 g/mol. The standard InChI is InChI=1S/C36H36O4S/c1-25-5-11-28(12-6-25)36(23-21-35(2,3)22-24-36)29-13-15-30(16-14-29)40-34(38)27-9-19-32(20-10-27)41-31-17-7-26(8-18-31)33(37)39-4/h5-20H,21-24H2,1-4H3. The Kier molecular flexibility index (Phi) is 8.37. The van der Waals surface area contributed by atoms with Gasteiger partial charge in [-0.15, -0.1) is 0 Å². The van der Waals surface area contributed by atoms with Gasteiger partial charge in [-0.05, 0) is 110 Å². The summed E-state index contributed by atoms with van der Waals surface area (Å²) in [6, 6.07) is 31.6. The molecule has 0 radical (unpaired) electrons. The molecule has 0 bridgehead atoms. The second kappa shape index (κ2) is 12.0. The topological polar surface area (TPSA) is 52.6 Å². The number of hydrogen-bond acceptors (Lipinski definition) is 5. The highest BCUT2D eigenvalue weighted by Crippen LogP contribution is 2.50. The molecule has 0 unspecified atom stereocenters. The molecule has 0 saturated heterocycles. The molecule has 1 fully saturated rings. The number of benzene rings is 4. The monoisotopic (exact) mass is 564 g/mol. The van der Waals surface area contributed by atoms with Gasteiger partial charge >= 0.3 is 11.9 Å². The summed E-state index contributed by atoms with van der Waals surface area (Å²) >= 11 is 1.55. The Morgan fingerprint density at radius 2 is 1.10 bits per heavy atom. The molecule has 5 heteroatoms. The molecule has 41 heavy (non-hydrogen) atoms. The lowest BCUT2D eigenvalue weighted by Gasteiger charge is -2.44. The highest BCUT2D eigenvalue weighted by molar-refractivity contribution is 7.99. The first-order chi connectivity index (χ1) is 19.7. The first-order valence-corrected chi connectivity index (χ1v) is 14.9. The molecule has 1 aliphatic rings. The highest BCUT2D eigenvalue weighted by Gasteiger charge is 2.40. The van der Waals surface area contributed by atoms with Gasteiger partial charge in [0.05, 0.1) is 18.2 Å². The number of carbonyl (C=O) groups is 2. The third-order valence-corrected chi connectivity index (χ3v) is 9.30. The van der Waals surface area contributed by atoms with Crippen molar-refractivity contribution in [3.05, 3.63) is 125 Å². The van der Waals surface area contributed by atoms with Gasteiger partial charge in [-0.2, -0.15) is 0 Å². The number of carbonyl (C=O) groups excluding carboxylic acids is 2. The molecule has 4 nitrogen and oxygen atoms in total. The second-order valence-electron chi connectivity index (χ2n) is 11.7. The van der Waals surface area contributed by atoms with E-state index in [9.17, 15) is 9.59 Å². The van der Waals surface area contributed by atoms with Crippen molar-refractivity contribution in [1.82, 2.24) is 0 Å². The van der Waals surface area contributed by atoms with Crippen molar-refractivity contribution < 1.29 is 19.1 Å². The molecule has 5 rings (SSSR count). The molecular formula is C36H36O4S. The minimum Gasteiger partial charge on any atom is -0.465 e. The smallest absolute Gasteiger partial charge is 0.343 e. The molecule has 0 heterocycles. The molecule has 0 N–H and O–H groups in total. The molecule has 0 aliphatic heterocycles. The van der Waals surface area contributed by atoms with Crippen LogP contribution in [0.25, 0.3) is 0 Å². The Bertz CT molecular complexity index is 1490. The largest absolute Gasteiger partial charge is 0.465 e. The molecule has 210 valence electrons. The first-order valence-electron chi connectivity index (χ1n) is 14.0. The van der Waals surface area contributed by atoms with Crippen molar-refractivity contribution in [2.24, 2.45) is 5.41 Å². The van der Waals surface area contributed by atoms with Gasteiger partial charge in [0.1, 0.15) is 5.75 Å². The average Bonchev–Trinajstić information content (AvgIpc) is 2.99. The Labute approximate surface area is 247 Å². The molecule has 1 saturated carbocycles. The third-order valence-electron chi connectivity index (χ3n) is 8.28. The zero-order chi connectivity index (χ0) is 29.0. The van der Waals surface area contributed by atoms with Gasteiger partial charge in [-0.25, -0.2) is 9.59 Å². The second-order valence-corrected chi connectivity index (χ2v) is 12.8. The van der Waals surface area contributed by atoms with Crippen LogP contribution in [0.3, 0.4) is 0 Å². The van der Waals surface area contributed by atoms with E-state index in [1.54, 1.807) is 36.0 Å². The van der Waals surface area contributed by atoms with Crippen LogP contribution in [0.15, 0.2) is 107 Å². The predicted octanol–water partition coefficient (Wildman–Crippen LogP) is 9.04. The van der Waals surface area contributed by atoms with Gasteiger partial charge in [-0.1, -0.05) is 67.6 Å². The molecule has 0 atom stereocenters. The number of rotatable bonds is 7. The van der Waals surface area contributed by atoms with E-state index in [2.05, 4.69) is 57.2 Å². The Morgan fingerprint density at radius 3 is 1.59 bits per heavy atom. The molecule has 4 aromatic carbocycles. The van der Waals surface area contributed by atoms with Gasteiger partial charge < -0.3 is 9.47 Å². The molecule has 1 aliphatic carbocycles. The van der Waals surface area contributed by atoms with Crippen molar-refractivity contribution in [1.29, 1.82) is 0 Å².